The molecule has 1 aliphatic rings. The van der Waals surface area contributed by atoms with E-state index in [9.17, 15) is 0 Å². The number of para-hydroxylation sites is 4. The number of fused-ring (bicyclic) bond motifs is 7. The van der Waals surface area contributed by atoms with Crippen LogP contribution >= 0.6 is 0 Å². The number of rotatable bonds is 5. The Bertz CT molecular complexity index is 3130. The predicted molar refractivity (Wildman–Crippen MR) is 236 cm³/mol. The summed E-state index contributed by atoms with van der Waals surface area (Å²) in [6, 6.07) is 70.2. The summed E-state index contributed by atoms with van der Waals surface area (Å²) in [6.45, 7) is 4.75. The van der Waals surface area contributed by atoms with Crippen molar-refractivity contribution in [2.45, 2.75) is 19.3 Å². The van der Waals surface area contributed by atoms with Gasteiger partial charge in [0.05, 0.1) is 28.4 Å². The molecule has 1 aliphatic heterocycles. The highest BCUT2D eigenvalue weighted by Crippen LogP contribution is 2.58. The average molecular weight is 719 g/mol. The minimum atomic E-state index is -0.341. The number of hydrogen-bond donors (Lipinski definition) is 0. The van der Waals surface area contributed by atoms with Gasteiger partial charge < -0.3 is 14.2 Å². The largest absolute Gasteiger partial charge is 0.455 e. The van der Waals surface area contributed by atoms with E-state index in [-0.39, 0.29) is 5.41 Å². The molecular formula is C53H38N2O. The lowest BCUT2D eigenvalue weighted by molar-refractivity contribution is 0.633. The van der Waals surface area contributed by atoms with Gasteiger partial charge in [0, 0.05) is 38.2 Å². The number of furan rings is 1. The quantitative estimate of drug-likeness (QED) is 0.177. The minimum Gasteiger partial charge on any atom is -0.455 e. The Kier molecular flexibility index (Phi) is 7.20. The molecule has 11 rings (SSSR count). The van der Waals surface area contributed by atoms with Gasteiger partial charge in [-0.1, -0.05) is 166 Å². The number of nitrogens with zero attached hydrogens (tertiary/aromatic N) is 2. The van der Waals surface area contributed by atoms with E-state index in [1.165, 1.54) is 43.9 Å². The van der Waals surface area contributed by atoms with Crippen LogP contribution in [0.3, 0.4) is 0 Å². The highest BCUT2D eigenvalue weighted by molar-refractivity contribution is 6.13. The van der Waals surface area contributed by atoms with Crippen molar-refractivity contribution < 1.29 is 4.42 Å². The van der Waals surface area contributed by atoms with E-state index in [2.05, 4.69) is 212 Å². The van der Waals surface area contributed by atoms with Gasteiger partial charge in [-0.05, 0) is 69.9 Å². The summed E-state index contributed by atoms with van der Waals surface area (Å²) in [5.74, 6) is 0. The van der Waals surface area contributed by atoms with Gasteiger partial charge >= 0.3 is 0 Å². The topological polar surface area (TPSA) is 19.6 Å². The lowest BCUT2D eigenvalue weighted by Gasteiger charge is -2.44. The van der Waals surface area contributed by atoms with Crippen LogP contribution in [0.2, 0.25) is 0 Å². The van der Waals surface area contributed by atoms with E-state index in [4.69, 9.17) is 4.42 Å². The van der Waals surface area contributed by atoms with Crippen LogP contribution < -0.4 is 9.80 Å². The van der Waals surface area contributed by atoms with E-state index in [1.807, 2.05) is 6.07 Å². The monoisotopic (exact) mass is 718 g/mol. The molecule has 3 heteroatoms. The Labute approximate surface area is 326 Å². The molecule has 0 bridgehead atoms. The first kappa shape index (κ1) is 32.3. The van der Waals surface area contributed by atoms with E-state index < -0.39 is 0 Å². The molecule has 2 heterocycles. The van der Waals surface area contributed by atoms with Gasteiger partial charge in [-0.2, -0.15) is 0 Å². The first-order valence-corrected chi connectivity index (χ1v) is 19.4. The SMILES string of the molecule is CC1(C)c2ccccc2N(c2c(N(c3ccccc3)c3cccc4ccccc34)ccc3ccccc23)c2cccc(-c3cccc4c3oc3ccccc34)c21. The molecule has 0 atom stereocenters. The van der Waals surface area contributed by atoms with Crippen LogP contribution in [0, 0.1) is 0 Å². The van der Waals surface area contributed by atoms with Crippen molar-refractivity contribution in [3.8, 4) is 11.1 Å². The molecule has 0 unspecified atom stereocenters. The molecule has 0 fully saturated rings. The Hall–Kier alpha value is -7.10. The molecule has 9 aromatic carbocycles. The first-order valence-electron chi connectivity index (χ1n) is 19.4. The molecule has 10 aromatic rings. The van der Waals surface area contributed by atoms with Gasteiger partial charge in [0.25, 0.3) is 0 Å². The maximum absolute atomic E-state index is 6.70. The fraction of sp³-hybridized carbons (Fsp3) is 0.0566. The summed E-state index contributed by atoms with van der Waals surface area (Å²) >= 11 is 0. The normalized spacial score (nSPS) is 13.3. The third kappa shape index (κ3) is 4.77. The molecule has 0 saturated heterocycles. The van der Waals surface area contributed by atoms with Crippen molar-refractivity contribution >= 4 is 77.6 Å². The van der Waals surface area contributed by atoms with E-state index in [0.29, 0.717) is 0 Å². The average Bonchev–Trinajstić information content (AvgIpc) is 3.64. The Balaban J connectivity index is 1.25. The zero-order chi connectivity index (χ0) is 37.4. The van der Waals surface area contributed by atoms with Gasteiger partial charge in [-0.15, -0.1) is 0 Å². The fourth-order valence-electron chi connectivity index (χ4n) is 9.32. The molecule has 266 valence electrons. The highest BCUT2D eigenvalue weighted by Gasteiger charge is 2.40. The first-order chi connectivity index (χ1) is 27.6. The molecule has 0 radical (unpaired) electrons. The van der Waals surface area contributed by atoms with Crippen LogP contribution in [-0.4, -0.2) is 0 Å². The summed E-state index contributed by atoms with van der Waals surface area (Å²) in [7, 11) is 0. The van der Waals surface area contributed by atoms with E-state index >= 15 is 0 Å². The Morgan fingerprint density at radius 2 is 1.05 bits per heavy atom. The summed E-state index contributed by atoms with van der Waals surface area (Å²) in [4.78, 5) is 4.99. The van der Waals surface area contributed by atoms with Gasteiger partial charge in [-0.3, -0.25) is 0 Å². The Morgan fingerprint density at radius 3 is 1.91 bits per heavy atom. The van der Waals surface area contributed by atoms with Crippen molar-refractivity contribution in [3.05, 3.63) is 205 Å². The smallest absolute Gasteiger partial charge is 0.143 e. The van der Waals surface area contributed by atoms with Crippen molar-refractivity contribution in [2.24, 2.45) is 0 Å². The maximum Gasteiger partial charge on any atom is 0.143 e. The molecule has 0 N–H and O–H groups in total. The van der Waals surface area contributed by atoms with Crippen LogP contribution in [0.5, 0.6) is 0 Å². The number of anilines is 6. The second-order valence-corrected chi connectivity index (χ2v) is 15.3. The van der Waals surface area contributed by atoms with Gasteiger partial charge in [0.2, 0.25) is 0 Å². The van der Waals surface area contributed by atoms with E-state index in [1.54, 1.807) is 0 Å². The third-order valence-electron chi connectivity index (χ3n) is 11.8. The summed E-state index contributed by atoms with van der Waals surface area (Å²) in [5.41, 5.74) is 13.1. The summed E-state index contributed by atoms with van der Waals surface area (Å²) in [6.07, 6.45) is 0. The molecule has 0 saturated carbocycles. The lowest BCUT2D eigenvalue weighted by Crippen LogP contribution is -2.32. The summed E-state index contributed by atoms with van der Waals surface area (Å²) < 4.78 is 6.70. The van der Waals surface area contributed by atoms with Crippen molar-refractivity contribution in [1.82, 2.24) is 0 Å². The molecule has 1 aromatic heterocycles. The molecule has 3 nitrogen and oxygen atoms in total. The van der Waals surface area contributed by atoms with Crippen LogP contribution in [0.25, 0.3) is 54.6 Å². The molecule has 0 spiro atoms. The van der Waals surface area contributed by atoms with Crippen LogP contribution in [0.15, 0.2) is 199 Å². The second kappa shape index (κ2) is 12.5. The standard InChI is InChI=1S/C53H38N2O/c1-53(2)44-28-11-12-29-46(44)55(47-31-16-25-41(50(47)53)43-27-15-26-42-40-24-10-13-32-49(40)56-52(42)43)51-39-23-9-7-18-36(39)33-34-48(51)54(37-20-4-3-5-21-37)45-30-14-19-35-17-6-8-22-38(35)45/h3-34H,1-2H3. The minimum absolute atomic E-state index is 0.341. The number of benzene rings is 9. The predicted octanol–water partition coefficient (Wildman–Crippen LogP) is 15.1. The Morgan fingerprint density at radius 1 is 0.446 bits per heavy atom. The van der Waals surface area contributed by atoms with Gasteiger partial charge in [0.1, 0.15) is 11.2 Å². The number of hydrogen-bond acceptors (Lipinski definition) is 3. The molecule has 0 amide bonds. The molecule has 56 heavy (non-hydrogen) atoms. The van der Waals surface area contributed by atoms with Gasteiger partial charge in [0.15, 0.2) is 0 Å². The van der Waals surface area contributed by atoms with Crippen molar-refractivity contribution in [1.29, 1.82) is 0 Å². The van der Waals surface area contributed by atoms with Crippen molar-refractivity contribution in [2.75, 3.05) is 9.80 Å². The highest BCUT2D eigenvalue weighted by atomic mass is 16.3. The second-order valence-electron chi connectivity index (χ2n) is 15.3. The fourth-order valence-corrected chi connectivity index (χ4v) is 9.32. The van der Waals surface area contributed by atoms with Crippen LogP contribution in [0.4, 0.5) is 34.1 Å². The van der Waals surface area contributed by atoms with E-state index in [0.717, 1.165) is 55.9 Å². The van der Waals surface area contributed by atoms with Gasteiger partial charge in [-0.25, -0.2) is 0 Å². The zero-order valence-electron chi connectivity index (χ0n) is 31.3. The molecular weight excluding hydrogens is 681 g/mol. The van der Waals surface area contributed by atoms with Crippen molar-refractivity contribution in [3.63, 3.8) is 0 Å². The molecule has 0 aliphatic carbocycles. The zero-order valence-corrected chi connectivity index (χ0v) is 31.3. The lowest BCUT2D eigenvalue weighted by atomic mass is 9.70. The maximum atomic E-state index is 6.70. The summed E-state index contributed by atoms with van der Waals surface area (Å²) in [5, 5.41) is 7.02. The van der Waals surface area contributed by atoms with Crippen LogP contribution in [0.1, 0.15) is 25.0 Å². The van der Waals surface area contributed by atoms with Crippen LogP contribution in [-0.2, 0) is 5.41 Å². The third-order valence-corrected chi connectivity index (χ3v) is 11.8.